The van der Waals surface area contributed by atoms with Gasteiger partial charge in [0.05, 0.1) is 35.9 Å². The molecule has 2 aromatic heterocycles. The van der Waals surface area contributed by atoms with Crippen LogP contribution in [-0.4, -0.2) is 44.4 Å². The molecule has 1 fully saturated rings. The minimum Gasteiger partial charge on any atom is -0.481 e. The second-order valence-electron chi connectivity index (χ2n) is 9.76. The number of hydrogen-bond donors (Lipinski definition) is 2. The topological polar surface area (TPSA) is 108 Å². The molecular formula is C28H38N4O5. The summed E-state index contributed by atoms with van der Waals surface area (Å²) in [6.45, 7) is 5.28. The van der Waals surface area contributed by atoms with Crippen LogP contribution in [0.15, 0.2) is 35.1 Å². The zero-order chi connectivity index (χ0) is 26.4. The van der Waals surface area contributed by atoms with Gasteiger partial charge >= 0.3 is 11.7 Å². The average molecular weight is 511 g/mol. The van der Waals surface area contributed by atoms with Crippen LogP contribution in [0.1, 0.15) is 65.2 Å². The molecule has 0 atom stereocenters. The van der Waals surface area contributed by atoms with Gasteiger partial charge in [-0.1, -0.05) is 32.8 Å². The summed E-state index contributed by atoms with van der Waals surface area (Å²) in [5.74, 6) is -0.127. The number of carboxylic acid groups (broad SMARTS) is 1. The number of hydrogen-bond acceptors (Lipinski definition) is 6. The summed E-state index contributed by atoms with van der Waals surface area (Å²) in [4.78, 5) is 29.5. The van der Waals surface area contributed by atoms with Gasteiger partial charge in [0, 0.05) is 19.2 Å². The Labute approximate surface area is 217 Å². The number of aromatic nitrogens is 3. The summed E-state index contributed by atoms with van der Waals surface area (Å²) in [6, 6.07) is 9.60. The van der Waals surface area contributed by atoms with Gasteiger partial charge in [-0.3, -0.25) is 13.9 Å². The van der Waals surface area contributed by atoms with Gasteiger partial charge in [0.2, 0.25) is 11.8 Å². The van der Waals surface area contributed by atoms with Crippen molar-refractivity contribution in [3.05, 3.63) is 40.8 Å². The summed E-state index contributed by atoms with van der Waals surface area (Å²) < 4.78 is 15.1. The Hall–Kier alpha value is -3.49. The third-order valence-electron chi connectivity index (χ3n) is 7.05. The predicted molar refractivity (Wildman–Crippen MR) is 144 cm³/mol. The fraction of sp³-hybridized carbons (Fsp3) is 0.536. The molecule has 200 valence electrons. The molecule has 9 nitrogen and oxygen atoms in total. The molecule has 1 aliphatic rings. The normalized spacial score (nSPS) is 17.6. The quantitative estimate of drug-likeness (QED) is 0.325. The Balaban J connectivity index is 1.69. The van der Waals surface area contributed by atoms with E-state index in [9.17, 15) is 14.7 Å². The van der Waals surface area contributed by atoms with Crippen LogP contribution in [0.4, 0.5) is 5.69 Å². The summed E-state index contributed by atoms with van der Waals surface area (Å²) in [7, 11) is 1.76. The van der Waals surface area contributed by atoms with E-state index in [0.29, 0.717) is 43.5 Å². The summed E-state index contributed by atoms with van der Waals surface area (Å²) in [5, 5.41) is 12.9. The van der Waals surface area contributed by atoms with Crippen LogP contribution in [-0.2, 0) is 11.8 Å². The number of carboxylic acids is 1. The molecule has 0 radical (unpaired) electrons. The average Bonchev–Trinajstić information content (AvgIpc) is 3.15. The molecule has 0 aliphatic heterocycles. The number of para-hydroxylation sites is 1. The Morgan fingerprint density at radius 1 is 1.05 bits per heavy atom. The van der Waals surface area contributed by atoms with E-state index < -0.39 is 5.97 Å². The van der Waals surface area contributed by atoms with Crippen LogP contribution in [0.3, 0.4) is 0 Å². The maximum absolute atomic E-state index is 13.5. The lowest BCUT2D eigenvalue weighted by atomic mass is 9.86. The minimum atomic E-state index is -0.715. The number of aryl methyl sites for hydroxylation is 1. The van der Waals surface area contributed by atoms with Gasteiger partial charge in [-0.2, -0.15) is 4.98 Å². The van der Waals surface area contributed by atoms with Crippen LogP contribution in [0, 0.1) is 5.92 Å². The molecule has 9 heteroatoms. The molecule has 1 aliphatic carbocycles. The molecule has 37 heavy (non-hydrogen) atoms. The number of fused-ring (bicyclic) bond motifs is 1. The Morgan fingerprint density at radius 2 is 1.76 bits per heavy atom. The zero-order valence-corrected chi connectivity index (χ0v) is 22.0. The van der Waals surface area contributed by atoms with Crippen LogP contribution >= 0.6 is 0 Å². The van der Waals surface area contributed by atoms with Gasteiger partial charge < -0.3 is 19.9 Å². The molecule has 0 amide bonds. The van der Waals surface area contributed by atoms with E-state index in [4.69, 9.17) is 9.47 Å². The molecule has 0 unspecified atom stereocenters. The number of nitrogens with zero attached hydrogens (tertiary/aromatic N) is 3. The van der Waals surface area contributed by atoms with E-state index in [1.807, 2.05) is 24.3 Å². The van der Waals surface area contributed by atoms with Gasteiger partial charge in [-0.05, 0) is 56.7 Å². The number of carbonyl (C=O) groups is 1. The molecule has 3 aromatic rings. The highest BCUT2D eigenvalue weighted by Crippen LogP contribution is 2.32. The molecular weight excluding hydrogens is 472 g/mol. The van der Waals surface area contributed by atoms with Crippen LogP contribution in [0.25, 0.3) is 16.7 Å². The van der Waals surface area contributed by atoms with Gasteiger partial charge in [0.25, 0.3) is 0 Å². The fourth-order valence-electron chi connectivity index (χ4n) is 4.87. The van der Waals surface area contributed by atoms with Crippen molar-refractivity contribution in [2.75, 3.05) is 18.5 Å². The van der Waals surface area contributed by atoms with Gasteiger partial charge in [-0.15, -0.1) is 0 Å². The van der Waals surface area contributed by atoms with Crippen molar-refractivity contribution >= 4 is 22.7 Å². The summed E-state index contributed by atoms with van der Waals surface area (Å²) in [5.41, 5.74) is 2.78. The lowest BCUT2D eigenvalue weighted by molar-refractivity contribution is -0.142. The van der Waals surface area contributed by atoms with Crippen molar-refractivity contribution in [2.24, 2.45) is 13.0 Å². The SMILES string of the molecule is CCCCOc1ccc(-n2c(=O)n(C)c3c(NC4CCC(C(=O)O)CC4)cccc32)c(OCCCC)n1. The molecule has 4 rings (SSSR count). The highest BCUT2D eigenvalue weighted by molar-refractivity contribution is 5.90. The Morgan fingerprint density at radius 3 is 2.43 bits per heavy atom. The summed E-state index contributed by atoms with van der Waals surface area (Å²) in [6.07, 6.45) is 6.69. The number of nitrogens with one attached hydrogen (secondary N) is 1. The summed E-state index contributed by atoms with van der Waals surface area (Å²) >= 11 is 0. The minimum absolute atomic E-state index is 0.161. The third kappa shape index (κ3) is 5.92. The predicted octanol–water partition coefficient (Wildman–Crippen LogP) is 5.14. The maximum atomic E-state index is 13.5. The molecule has 0 spiro atoms. The standard InChI is InChI=1S/C28H38N4O5/c1-4-6-17-36-24-16-15-23(26(30-24)37-18-7-5-2)32-22-10-8-9-21(25(22)31(3)28(32)35)29-20-13-11-19(12-14-20)27(33)34/h8-10,15-16,19-20,29H,4-7,11-14,17-18H2,1-3H3,(H,33,34). The molecule has 1 saturated carbocycles. The fourth-order valence-corrected chi connectivity index (χ4v) is 4.87. The third-order valence-corrected chi connectivity index (χ3v) is 7.05. The van der Waals surface area contributed by atoms with E-state index in [-0.39, 0.29) is 17.6 Å². The van der Waals surface area contributed by atoms with Crippen molar-refractivity contribution in [1.82, 2.24) is 14.1 Å². The van der Waals surface area contributed by atoms with Crippen molar-refractivity contribution < 1.29 is 19.4 Å². The van der Waals surface area contributed by atoms with Gasteiger partial charge in [-0.25, -0.2) is 4.79 Å². The molecule has 0 saturated heterocycles. The lowest BCUT2D eigenvalue weighted by Crippen LogP contribution is -2.29. The number of unbranched alkanes of at least 4 members (excludes halogenated alkanes) is 2. The number of benzene rings is 1. The molecule has 1 aromatic carbocycles. The van der Waals surface area contributed by atoms with E-state index in [1.165, 1.54) is 0 Å². The second-order valence-corrected chi connectivity index (χ2v) is 9.76. The smallest absolute Gasteiger partial charge is 0.333 e. The Kier molecular flexibility index (Phi) is 8.74. The molecule has 2 N–H and O–H groups in total. The first-order valence-corrected chi connectivity index (χ1v) is 13.4. The van der Waals surface area contributed by atoms with Gasteiger partial charge in [0.1, 0.15) is 5.69 Å². The first kappa shape index (κ1) is 26.6. The monoisotopic (exact) mass is 510 g/mol. The Bertz CT molecular complexity index is 1270. The van der Waals surface area contributed by atoms with E-state index in [1.54, 1.807) is 22.2 Å². The molecule has 2 heterocycles. The lowest BCUT2D eigenvalue weighted by Gasteiger charge is -2.28. The first-order valence-electron chi connectivity index (χ1n) is 13.4. The van der Waals surface area contributed by atoms with Crippen molar-refractivity contribution in [3.8, 4) is 17.4 Å². The first-order chi connectivity index (χ1) is 17.9. The number of ether oxygens (including phenoxy) is 2. The van der Waals surface area contributed by atoms with Crippen molar-refractivity contribution in [1.29, 1.82) is 0 Å². The highest BCUT2D eigenvalue weighted by Gasteiger charge is 2.27. The largest absolute Gasteiger partial charge is 0.481 e. The van der Waals surface area contributed by atoms with Crippen LogP contribution < -0.4 is 20.5 Å². The van der Waals surface area contributed by atoms with E-state index in [0.717, 1.165) is 55.2 Å². The number of anilines is 1. The molecule has 0 bridgehead atoms. The van der Waals surface area contributed by atoms with Crippen LogP contribution in [0.2, 0.25) is 0 Å². The number of aliphatic carboxylic acids is 1. The highest BCUT2D eigenvalue weighted by atomic mass is 16.5. The van der Waals surface area contributed by atoms with Crippen LogP contribution in [0.5, 0.6) is 11.8 Å². The number of rotatable bonds is 12. The maximum Gasteiger partial charge on any atom is 0.333 e. The van der Waals surface area contributed by atoms with Crippen molar-refractivity contribution in [2.45, 2.75) is 71.3 Å². The number of imidazole rings is 1. The van der Waals surface area contributed by atoms with Gasteiger partial charge in [0.15, 0.2) is 0 Å². The van der Waals surface area contributed by atoms with Crippen molar-refractivity contribution in [3.63, 3.8) is 0 Å². The number of pyridine rings is 1. The van der Waals surface area contributed by atoms with E-state index in [2.05, 4.69) is 24.1 Å². The van der Waals surface area contributed by atoms with E-state index >= 15 is 0 Å². The zero-order valence-electron chi connectivity index (χ0n) is 22.0. The second kappa shape index (κ2) is 12.2.